The van der Waals surface area contributed by atoms with E-state index < -0.39 is 32.5 Å². The lowest BCUT2D eigenvalue weighted by molar-refractivity contribution is -0.161. The van der Waals surface area contributed by atoms with Gasteiger partial charge in [-0.15, -0.1) is 0 Å². The van der Waals surface area contributed by atoms with E-state index in [0.29, 0.717) is 6.42 Å². The Hall–Kier alpha value is -3.59. The molecule has 0 aromatic heterocycles. The number of carbonyl (C=O) groups excluding carboxylic acids is 2. The Bertz CT molecular complexity index is 1640. The summed E-state index contributed by atoms with van der Waals surface area (Å²) in [6.45, 7) is 3.59. The van der Waals surface area contributed by atoms with Crippen molar-refractivity contribution in [2.75, 3.05) is 26.4 Å². The van der Waals surface area contributed by atoms with Crippen LogP contribution in [0, 0.1) is 0 Å². The summed E-state index contributed by atoms with van der Waals surface area (Å²) >= 11 is 0. The Morgan fingerprint density at radius 1 is 0.413 bits per heavy atom. The summed E-state index contributed by atoms with van der Waals surface area (Å²) in [6, 6.07) is 0. The van der Waals surface area contributed by atoms with Crippen LogP contribution < -0.4 is 5.73 Å². The summed E-state index contributed by atoms with van der Waals surface area (Å²) in [4.78, 5) is 35.2. The third-order valence-corrected chi connectivity index (χ3v) is 13.3. The van der Waals surface area contributed by atoms with Crippen LogP contribution in [0.4, 0.5) is 0 Å². The Morgan fingerprint density at radius 2 is 0.733 bits per heavy atom. The number of nitrogens with two attached hydrogens (primary N) is 1. The molecule has 0 bridgehead atoms. The average molecular weight is 1060 g/mol. The fourth-order valence-corrected chi connectivity index (χ4v) is 8.68. The summed E-state index contributed by atoms with van der Waals surface area (Å²) in [5.74, 6) is -0.862. The van der Waals surface area contributed by atoms with Gasteiger partial charge >= 0.3 is 19.8 Å². The molecule has 2 unspecified atom stereocenters. The van der Waals surface area contributed by atoms with Gasteiger partial charge < -0.3 is 20.1 Å². The number of carbonyl (C=O) groups is 2. The second kappa shape index (κ2) is 59.7. The molecule has 428 valence electrons. The molecule has 0 radical (unpaired) electrons. The fourth-order valence-electron chi connectivity index (χ4n) is 7.92. The number of phosphoric acid groups is 1. The van der Waals surface area contributed by atoms with E-state index in [1.54, 1.807) is 0 Å². The first-order chi connectivity index (χ1) is 36.8. The zero-order valence-corrected chi connectivity index (χ0v) is 48.6. The van der Waals surface area contributed by atoms with Gasteiger partial charge in [0.1, 0.15) is 6.61 Å². The molecule has 0 aliphatic carbocycles. The molecule has 0 saturated carbocycles. The SMILES string of the molecule is CC/C=C\C/C=C\C/C=C\C/C=C\C/C=C\C/C=C\C/C=C\C/C=C\CCCCCCC(=O)OC(COC(=O)CCCCCCCCCCCCCCC/C=C\C/C=C\CCCCCCC)COP(=O)(O)OCCN. The third-order valence-electron chi connectivity index (χ3n) is 12.3. The second-order valence-corrected chi connectivity index (χ2v) is 20.9. The lowest BCUT2D eigenvalue weighted by Crippen LogP contribution is -2.29. The molecular weight excluding hydrogens is 954 g/mol. The average Bonchev–Trinajstić information content (AvgIpc) is 3.40. The van der Waals surface area contributed by atoms with Crippen LogP contribution in [0.1, 0.15) is 245 Å². The van der Waals surface area contributed by atoms with Crippen LogP contribution >= 0.6 is 7.82 Å². The minimum Gasteiger partial charge on any atom is -0.462 e. The molecule has 0 aliphatic rings. The van der Waals surface area contributed by atoms with E-state index in [-0.39, 0.29) is 32.6 Å². The Kier molecular flexibility index (Phi) is 56.8. The number of ether oxygens (including phenoxy) is 2. The normalized spacial score (nSPS) is 13.9. The summed E-state index contributed by atoms with van der Waals surface area (Å²) in [6.07, 6.45) is 82.5. The highest BCUT2D eigenvalue weighted by atomic mass is 31.2. The number of allylic oxidation sites excluding steroid dienone is 20. The van der Waals surface area contributed by atoms with Gasteiger partial charge in [-0.25, -0.2) is 4.57 Å². The molecule has 75 heavy (non-hydrogen) atoms. The van der Waals surface area contributed by atoms with E-state index in [2.05, 4.69) is 135 Å². The van der Waals surface area contributed by atoms with Crippen molar-refractivity contribution in [1.82, 2.24) is 0 Å². The molecule has 0 fully saturated rings. The summed E-state index contributed by atoms with van der Waals surface area (Å²) < 4.78 is 33.0. The minimum absolute atomic E-state index is 0.0426. The maximum atomic E-state index is 12.7. The lowest BCUT2D eigenvalue weighted by atomic mass is 10.0. The van der Waals surface area contributed by atoms with Crippen LogP contribution in [0.5, 0.6) is 0 Å². The zero-order chi connectivity index (χ0) is 54.5. The van der Waals surface area contributed by atoms with Gasteiger partial charge in [0.05, 0.1) is 13.2 Å². The summed E-state index contributed by atoms with van der Waals surface area (Å²) in [7, 11) is -4.41. The first-order valence-corrected chi connectivity index (χ1v) is 31.5. The van der Waals surface area contributed by atoms with Crippen LogP contribution in [0.25, 0.3) is 0 Å². The van der Waals surface area contributed by atoms with Crippen molar-refractivity contribution < 1.29 is 37.6 Å². The smallest absolute Gasteiger partial charge is 0.462 e. The number of unbranched alkanes of at least 4 members (excludes halogenated alkanes) is 22. The lowest BCUT2D eigenvalue weighted by Gasteiger charge is -2.19. The predicted molar refractivity (Wildman–Crippen MR) is 321 cm³/mol. The van der Waals surface area contributed by atoms with Crippen molar-refractivity contribution in [2.45, 2.75) is 251 Å². The molecule has 0 aliphatic heterocycles. The van der Waals surface area contributed by atoms with E-state index in [0.717, 1.165) is 103 Å². The first-order valence-electron chi connectivity index (χ1n) is 30.0. The van der Waals surface area contributed by atoms with Gasteiger partial charge in [0.25, 0.3) is 0 Å². The van der Waals surface area contributed by atoms with Crippen molar-refractivity contribution in [2.24, 2.45) is 5.73 Å². The molecule has 0 aromatic rings. The molecule has 10 heteroatoms. The van der Waals surface area contributed by atoms with Crippen LogP contribution in [0.3, 0.4) is 0 Å². The number of phosphoric ester groups is 1. The molecule has 3 N–H and O–H groups in total. The van der Waals surface area contributed by atoms with Gasteiger partial charge in [0, 0.05) is 19.4 Å². The molecule has 0 amide bonds. The standard InChI is InChI=1S/C65H110NO8P/c1-3-5-7-9-11-13-15-17-19-21-23-25-27-29-30-31-32-34-36-38-40-42-44-46-48-50-52-54-56-58-65(68)74-63(62-73-75(69,70)72-60-59-66)61-71-64(67)57-55-53-51-49-47-45-43-41-39-37-35-33-28-26-24-22-20-18-16-14-12-10-8-6-4-2/h5,7,11,13,16-19,22-25,29-30,32,34,38,40,44,46,63H,3-4,6,8-10,12,14-15,20-21,26-28,31,33,35-37,39,41-43,45,47-62,66H2,1-2H3,(H,69,70)/b7-5-,13-11-,18-16-,19-17-,24-22-,25-23-,30-29-,34-32-,40-38-,46-44-. The molecule has 0 heterocycles. The highest BCUT2D eigenvalue weighted by molar-refractivity contribution is 7.47. The summed E-state index contributed by atoms with van der Waals surface area (Å²) in [5.41, 5.74) is 5.38. The summed E-state index contributed by atoms with van der Waals surface area (Å²) in [5, 5.41) is 0. The fraction of sp³-hybridized carbons (Fsp3) is 0.662. The number of hydrogen-bond acceptors (Lipinski definition) is 8. The van der Waals surface area contributed by atoms with Crippen LogP contribution in [0.2, 0.25) is 0 Å². The van der Waals surface area contributed by atoms with Gasteiger partial charge in [-0.05, 0) is 109 Å². The Labute approximate surface area is 460 Å². The molecule has 0 spiro atoms. The largest absolute Gasteiger partial charge is 0.472 e. The van der Waals surface area contributed by atoms with Gasteiger partial charge in [-0.1, -0.05) is 245 Å². The molecule has 9 nitrogen and oxygen atoms in total. The van der Waals surface area contributed by atoms with Gasteiger partial charge in [-0.2, -0.15) is 0 Å². The second-order valence-electron chi connectivity index (χ2n) is 19.5. The molecule has 0 saturated heterocycles. The highest BCUT2D eigenvalue weighted by Crippen LogP contribution is 2.43. The highest BCUT2D eigenvalue weighted by Gasteiger charge is 2.26. The Morgan fingerprint density at radius 3 is 1.09 bits per heavy atom. The van der Waals surface area contributed by atoms with Crippen LogP contribution in [0.15, 0.2) is 122 Å². The topological polar surface area (TPSA) is 134 Å². The molecule has 0 rings (SSSR count). The van der Waals surface area contributed by atoms with E-state index >= 15 is 0 Å². The number of rotatable bonds is 55. The van der Waals surface area contributed by atoms with Gasteiger partial charge in [0.15, 0.2) is 6.10 Å². The van der Waals surface area contributed by atoms with Crippen molar-refractivity contribution >= 4 is 19.8 Å². The predicted octanol–water partition coefficient (Wildman–Crippen LogP) is 19.2. The molecular formula is C65H110NO8P. The van der Waals surface area contributed by atoms with Crippen molar-refractivity contribution in [3.63, 3.8) is 0 Å². The van der Waals surface area contributed by atoms with E-state index in [4.69, 9.17) is 24.3 Å². The molecule has 0 aromatic carbocycles. The van der Waals surface area contributed by atoms with E-state index in [9.17, 15) is 19.0 Å². The van der Waals surface area contributed by atoms with Gasteiger partial charge in [-0.3, -0.25) is 18.6 Å². The van der Waals surface area contributed by atoms with Crippen molar-refractivity contribution in [3.8, 4) is 0 Å². The number of hydrogen-bond donors (Lipinski definition) is 2. The third kappa shape index (κ3) is 59.5. The first kappa shape index (κ1) is 71.4. The molecule has 2 atom stereocenters. The maximum absolute atomic E-state index is 12.7. The number of esters is 2. The monoisotopic (exact) mass is 1060 g/mol. The minimum atomic E-state index is -4.41. The maximum Gasteiger partial charge on any atom is 0.472 e. The zero-order valence-electron chi connectivity index (χ0n) is 47.7. The van der Waals surface area contributed by atoms with Crippen molar-refractivity contribution in [1.29, 1.82) is 0 Å². The van der Waals surface area contributed by atoms with Gasteiger partial charge in [0.2, 0.25) is 0 Å². The Balaban J connectivity index is 4.07. The van der Waals surface area contributed by atoms with Crippen molar-refractivity contribution in [3.05, 3.63) is 122 Å². The van der Waals surface area contributed by atoms with Crippen LogP contribution in [-0.2, 0) is 32.7 Å². The van der Waals surface area contributed by atoms with E-state index in [1.807, 2.05) is 0 Å². The van der Waals surface area contributed by atoms with Crippen LogP contribution in [-0.4, -0.2) is 49.3 Å². The van der Waals surface area contributed by atoms with E-state index in [1.165, 1.54) is 109 Å². The quantitative estimate of drug-likeness (QED) is 0.0264.